The van der Waals surface area contributed by atoms with E-state index < -0.39 is 0 Å². The Bertz CT molecular complexity index is 407. The largest absolute Gasteiger partial charge is 0.508 e. The molecule has 0 spiro atoms. The number of aliphatic hydroxyl groups excluding tert-OH is 1. The number of nitrogens with zero attached hydrogens (tertiary/aromatic N) is 1. The zero-order valence-electron chi connectivity index (χ0n) is 9.37. The summed E-state index contributed by atoms with van der Waals surface area (Å²) >= 11 is 0. The first-order chi connectivity index (χ1) is 8.22. The molecule has 0 saturated carbocycles. The maximum Gasteiger partial charge on any atom is 0.254 e. The number of hydrogen-bond acceptors (Lipinski definition) is 4. The zero-order chi connectivity index (χ0) is 12.3. The lowest BCUT2D eigenvalue weighted by molar-refractivity contribution is -0.0184. The number of phenols is 1. The third-order valence-electron chi connectivity index (χ3n) is 2.79. The van der Waals surface area contributed by atoms with E-state index in [4.69, 9.17) is 4.74 Å². The minimum Gasteiger partial charge on any atom is -0.508 e. The van der Waals surface area contributed by atoms with Gasteiger partial charge in [-0.2, -0.15) is 0 Å². The van der Waals surface area contributed by atoms with E-state index in [1.165, 1.54) is 12.1 Å². The Hall–Kier alpha value is -1.59. The van der Waals surface area contributed by atoms with Crippen molar-refractivity contribution in [3.8, 4) is 5.75 Å². The summed E-state index contributed by atoms with van der Waals surface area (Å²) in [7, 11) is 0. The highest BCUT2D eigenvalue weighted by molar-refractivity contribution is 5.94. The van der Waals surface area contributed by atoms with Gasteiger partial charge in [0.1, 0.15) is 5.75 Å². The predicted molar refractivity (Wildman–Crippen MR) is 60.8 cm³/mol. The summed E-state index contributed by atoms with van der Waals surface area (Å²) in [4.78, 5) is 13.8. The number of ether oxygens (including phenoxy) is 1. The Morgan fingerprint density at radius 2 is 2.35 bits per heavy atom. The van der Waals surface area contributed by atoms with Crippen LogP contribution in [0.3, 0.4) is 0 Å². The SMILES string of the molecule is O=C(c1cccc(O)c1)N1CCOCC1CO. The van der Waals surface area contributed by atoms with Crippen molar-refractivity contribution in [3.63, 3.8) is 0 Å². The van der Waals surface area contributed by atoms with Gasteiger partial charge in [-0.3, -0.25) is 4.79 Å². The number of benzene rings is 1. The molecule has 1 atom stereocenters. The Morgan fingerprint density at radius 1 is 1.53 bits per heavy atom. The molecule has 1 aliphatic rings. The lowest BCUT2D eigenvalue weighted by atomic mass is 10.1. The van der Waals surface area contributed by atoms with Gasteiger partial charge in [0.15, 0.2) is 0 Å². The van der Waals surface area contributed by atoms with Crippen LogP contribution in [0.5, 0.6) is 5.75 Å². The van der Waals surface area contributed by atoms with Crippen molar-refractivity contribution in [2.75, 3.05) is 26.4 Å². The Morgan fingerprint density at radius 3 is 3.06 bits per heavy atom. The van der Waals surface area contributed by atoms with Gasteiger partial charge in [0.2, 0.25) is 0 Å². The molecule has 1 saturated heterocycles. The Kier molecular flexibility index (Phi) is 3.61. The summed E-state index contributed by atoms with van der Waals surface area (Å²) in [6.45, 7) is 1.16. The second-order valence-electron chi connectivity index (χ2n) is 3.96. The van der Waals surface area contributed by atoms with Gasteiger partial charge in [-0.05, 0) is 18.2 Å². The van der Waals surface area contributed by atoms with Crippen molar-refractivity contribution in [1.82, 2.24) is 4.90 Å². The molecule has 17 heavy (non-hydrogen) atoms. The van der Waals surface area contributed by atoms with Crippen LogP contribution >= 0.6 is 0 Å². The van der Waals surface area contributed by atoms with Gasteiger partial charge in [0.25, 0.3) is 5.91 Å². The predicted octanol–water partition coefficient (Wildman–Crippen LogP) is 0.225. The zero-order valence-corrected chi connectivity index (χ0v) is 9.37. The van der Waals surface area contributed by atoms with Crippen LogP contribution in [-0.2, 0) is 4.74 Å². The minimum atomic E-state index is -0.307. The molecule has 1 fully saturated rings. The number of phenolic OH excluding ortho intramolecular Hbond substituents is 1. The quantitative estimate of drug-likeness (QED) is 0.772. The molecular formula is C12H15NO4. The Labute approximate surface area is 99.2 Å². The number of aliphatic hydroxyl groups is 1. The first-order valence-electron chi connectivity index (χ1n) is 5.51. The third-order valence-corrected chi connectivity index (χ3v) is 2.79. The van der Waals surface area contributed by atoms with E-state index in [2.05, 4.69) is 0 Å². The fourth-order valence-corrected chi connectivity index (χ4v) is 1.88. The average molecular weight is 237 g/mol. The van der Waals surface area contributed by atoms with Gasteiger partial charge in [-0.1, -0.05) is 6.07 Å². The first-order valence-corrected chi connectivity index (χ1v) is 5.51. The van der Waals surface area contributed by atoms with Crippen molar-refractivity contribution in [3.05, 3.63) is 29.8 Å². The third kappa shape index (κ3) is 2.57. The molecule has 1 aliphatic heterocycles. The summed E-state index contributed by atoms with van der Waals surface area (Å²) in [6, 6.07) is 5.90. The highest BCUT2D eigenvalue weighted by atomic mass is 16.5. The van der Waals surface area contributed by atoms with Crippen LogP contribution < -0.4 is 0 Å². The monoisotopic (exact) mass is 237 g/mol. The van der Waals surface area contributed by atoms with E-state index in [0.29, 0.717) is 25.3 Å². The molecular weight excluding hydrogens is 222 g/mol. The second kappa shape index (κ2) is 5.16. The summed E-state index contributed by atoms with van der Waals surface area (Å²) in [5.41, 5.74) is 0.422. The van der Waals surface area contributed by atoms with Crippen LogP contribution in [0, 0.1) is 0 Å². The van der Waals surface area contributed by atoms with Crippen LogP contribution in [0.25, 0.3) is 0 Å². The lowest BCUT2D eigenvalue weighted by Gasteiger charge is -2.34. The summed E-state index contributed by atoms with van der Waals surface area (Å²) in [5.74, 6) is -0.132. The van der Waals surface area contributed by atoms with Crippen molar-refractivity contribution in [2.45, 2.75) is 6.04 Å². The van der Waals surface area contributed by atoms with Crippen molar-refractivity contribution >= 4 is 5.91 Å². The standard InChI is InChI=1S/C12H15NO4/c14-7-10-8-17-5-4-13(10)12(16)9-2-1-3-11(15)6-9/h1-3,6,10,14-15H,4-5,7-8H2. The molecule has 5 heteroatoms. The average Bonchev–Trinajstić information content (AvgIpc) is 2.38. The smallest absolute Gasteiger partial charge is 0.254 e. The highest BCUT2D eigenvalue weighted by Crippen LogP contribution is 2.16. The highest BCUT2D eigenvalue weighted by Gasteiger charge is 2.27. The summed E-state index contributed by atoms with van der Waals surface area (Å²) < 4.78 is 5.21. The molecule has 0 bridgehead atoms. The van der Waals surface area contributed by atoms with Crippen LogP contribution in [0.15, 0.2) is 24.3 Å². The molecule has 1 aromatic rings. The van der Waals surface area contributed by atoms with E-state index in [1.54, 1.807) is 17.0 Å². The molecule has 2 N–H and O–H groups in total. The fraction of sp³-hybridized carbons (Fsp3) is 0.417. The molecule has 0 radical (unpaired) electrons. The first kappa shape index (κ1) is 11.9. The molecule has 5 nitrogen and oxygen atoms in total. The van der Waals surface area contributed by atoms with E-state index in [-0.39, 0.29) is 24.3 Å². The van der Waals surface area contributed by atoms with Gasteiger partial charge in [0, 0.05) is 12.1 Å². The minimum absolute atomic E-state index is 0.0599. The van der Waals surface area contributed by atoms with Crippen LogP contribution in [0.2, 0.25) is 0 Å². The number of hydrogen-bond donors (Lipinski definition) is 2. The second-order valence-corrected chi connectivity index (χ2v) is 3.96. The van der Waals surface area contributed by atoms with Gasteiger partial charge in [0.05, 0.1) is 25.9 Å². The lowest BCUT2D eigenvalue weighted by Crippen LogP contribution is -2.50. The number of aromatic hydroxyl groups is 1. The van der Waals surface area contributed by atoms with Crippen molar-refractivity contribution in [1.29, 1.82) is 0 Å². The normalized spacial score (nSPS) is 20.3. The van der Waals surface area contributed by atoms with Gasteiger partial charge < -0.3 is 19.8 Å². The van der Waals surface area contributed by atoms with Crippen LogP contribution in [0.4, 0.5) is 0 Å². The van der Waals surface area contributed by atoms with Gasteiger partial charge in [-0.15, -0.1) is 0 Å². The van der Waals surface area contributed by atoms with E-state index in [1.807, 2.05) is 0 Å². The Balaban J connectivity index is 2.18. The molecule has 0 aliphatic carbocycles. The fourth-order valence-electron chi connectivity index (χ4n) is 1.88. The molecule has 1 unspecified atom stereocenters. The van der Waals surface area contributed by atoms with Gasteiger partial charge >= 0.3 is 0 Å². The van der Waals surface area contributed by atoms with E-state index in [0.717, 1.165) is 0 Å². The molecule has 0 aromatic heterocycles. The van der Waals surface area contributed by atoms with Crippen molar-refractivity contribution < 1.29 is 19.7 Å². The van der Waals surface area contributed by atoms with Gasteiger partial charge in [-0.25, -0.2) is 0 Å². The number of carbonyl (C=O) groups is 1. The number of morpholine rings is 1. The molecule has 2 rings (SSSR count). The summed E-state index contributed by atoms with van der Waals surface area (Å²) in [5, 5.41) is 18.5. The van der Waals surface area contributed by atoms with Crippen LogP contribution in [0.1, 0.15) is 10.4 Å². The molecule has 1 aromatic carbocycles. The van der Waals surface area contributed by atoms with E-state index in [9.17, 15) is 15.0 Å². The molecule has 92 valence electrons. The van der Waals surface area contributed by atoms with Crippen molar-refractivity contribution in [2.24, 2.45) is 0 Å². The maximum atomic E-state index is 12.2. The van der Waals surface area contributed by atoms with Crippen LogP contribution in [-0.4, -0.2) is 53.4 Å². The number of carbonyl (C=O) groups excluding carboxylic acids is 1. The number of amides is 1. The van der Waals surface area contributed by atoms with E-state index >= 15 is 0 Å². The maximum absolute atomic E-state index is 12.2. The molecule has 1 amide bonds. The topological polar surface area (TPSA) is 70.0 Å². The molecule has 1 heterocycles. The summed E-state index contributed by atoms with van der Waals surface area (Å²) in [6.07, 6.45) is 0. The number of rotatable bonds is 2.